The van der Waals surface area contributed by atoms with Gasteiger partial charge in [0.25, 0.3) is 11.5 Å². The van der Waals surface area contributed by atoms with Crippen molar-refractivity contribution in [1.29, 1.82) is 0 Å². The summed E-state index contributed by atoms with van der Waals surface area (Å²) in [7, 11) is 0. The molecule has 0 saturated heterocycles. The molecule has 0 bridgehead atoms. The number of hydrogen-bond acceptors (Lipinski definition) is 4. The number of amides is 1. The molecule has 0 fully saturated rings. The molecule has 0 saturated carbocycles. The minimum absolute atomic E-state index is 0.262. The van der Waals surface area contributed by atoms with Gasteiger partial charge in [-0.25, -0.2) is 0 Å². The topological polar surface area (TPSA) is 80.6 Å². The molecule has 3 rings (SSSR count). The number of ether oxygens (including phenoxy) is 1. The summed E-state index contributed by atoms with van der Waals surface area (Å²) in [4.78, 5) is 25.5. The minimum atomic E-state index is -0.646. The van der Waals surface area contributed by atoms with Crippen molar-refractivity contribution in [3.8, 4) is 11.5 Å². The van der Waals surface area contributed by atoms with Crippen molar-refractivity contribution in [3.05, 3.63) is 64.4 Å². The van der Waals surface area contributed by atoms with Crippen LogP contribution in [0.4, 0.5) is 5.69 Å². The molecule has 140 valence electrons. The van der Waals surface area contributed by atoms with Gasteiger partial charge in [-0.2, -0.15) is 0 Å². The average molecular weight is 366 g/mol. The number of aromatic hydroxyl groups is 1. The molecule has 0 aliphatic carbocycles. The zero-order valence-electron chi connectivity index (χ0n) is 15.4. The molecular weight excluding hydrogens is 344 g/mol. The van der Waals surface area contributed by atoms with Crippen LogP contribution in [0.5, 0.6) is 11.5 Å². The van der Waals surface area contributed by atoms with Crippen LogP contribution >= 0.6 is 0 Å². The van der Waals surface area contributed by atoms with Crippen LogP contribution < -0.4 is 15.6 Å². The Labute approximate surface area is 157 Å². The fourth-order valence-electron chi connectivity index (χ4n) is 2.96. The number of nitrogens with zero attached hydrogens (tertiary/aromatic N) is 1. The van der Waals surface area contributed by atoms with E-state index in [0.717, 1.165) is 6.42 Å². The van der Waals surface area contributed by atoms with Crippen LogP contribution in [0, 0.1) is 0 Å². The van der Waals surface area contributed by atoms with Crippen molar-refractivity contribution >= 4 is 22.5 Å². The third kappa shape index (κ3) is 3.65. The Bertz CT molecular complexity index is 1020. The standard InChI is InChI=1S/C21H22N2O4/c1-3-13-27-15-11-9-14(10-12-15)22-20(25)18-19(24)16-7-5-6-8-17(16)23(4-2)21(18)26/h5-12,24H,3-4,13H2,1-2H3,(H,22,25). The number of pyridine rings is 1. The maximum Gasteiger partial charge on any atom is 0.267 e. The zero-order chi connectivity index (χ0) is 19.4. The van der Waals surface area contributed by atoms with E-state index in [4.69, 9.17) is 4.74 Å². The van der Waals surface area contributed by atoms with Crippen molar-refractivity contribution < 1.29 is 14.6 Å². The lowest BCUT2D eigenvalue weighted by Crippen LogP contribution is -2.29. The highest BCUT2D eigenvalue weighted by Crippen LogP contribution is 2.27. The Morgan fingerprint density at radius 3 is 2.48 bits per heavy atom. The third-order valence-electron chi connectivity index (χ3n) is 4.27. The summed E-state index contributed by atoms with van der Waals surface area (Å²) >= 11 is 0. The number of rotatable bonds is 6. The van der Waals surface area contributed by atoms with Gasteiger partial charge in [0.2, 0.25) is 0 Å². The van der Waals surface area contributed by atoms with Crippen LogP contribution in [0.25, 0.3) is 10.9 Å². The molecule has 6 nitrogen and oxygen atoms in total. The van der Waals surface area contributed by atoms with Gasteiger partial charge in [0.15, 0.2) is 0 Å². The molecule has 3 aromatic rings. The third-order valence-corrected chi connectivity index (χ3v) is 4.27. The predicted molar refractivity (Wildman–Crippen MR) is 106 cm³/mol. The largest absolute Gasteiger partial charge is 0.506 e. The Kier molecular flexibility index (Phi) is 5.45. The van der Waals surface area contributed by atoms with Gasteiger partial charge in [-0.1, -0.05) is 19.1 Å². The molecule has 0 radical (unpaired) electrons. The van der Waals surface area contributed by atoms with E-state index < -0.39 is 11.5 Å². The lowest BCUT2D eigenvalue weighted by Gasteiger charge is -2.14. The molecule has 2 aromatic carbocycles. The van der Waals surface area contributed by atoms with Gasteiger partial charge in [0, 0.05) is 17.6 Å². The molecule has 1 heterocycles. The summed E-state index contributed by atoms with van der Waals surface area (Å²) < 4.78 is 6.99. The van der Waals surface area contributed by atoms with Gasteiger partial charge < -0.3 is 19.7 Å². The molecule has 2 N–H and O–H groups in total. The lowest BCUT2D eigenvalue weighted by molar-refractivity contribution is 0.102. The van der Waals surface area contributed by atoms with Gasteiger partial charge in [-0.05, 0) is 49.7 Å². The Balaban J connectivity index is 1.95. The summed E-state index contributed by atoms with van der Waals surface area (Å²) in [5.41, 5.74) is 0.325. The second kappa shape index (κ2) is 7.95. The second-order valence-electron chi connectivity index (χ2n) is 6.12. The molecule has 0 atom stereocenters. The molecule has 0 aliphatic heterocycles. The second-order valence-corrected chi connectivity index (χ2v) is 6.12. The van der Waals surface area contributed by atoms with Gasteiger partial charge in [0.05, 0.1) is 12.1 Å². The lowest BCUT2D eigenvalue weighted by atomic mass is 10.1. The summed E-state index contributed by atoms with van der Waals surface area (Å²) in [6, 6.07) is 13.9. The van der Waals surface area contributed by atoms with Crippen LogP contribution in [0.1, 0.15) is 30.6 Å². The van der Waals surface area contributed by atoms with Gasteiger partial charge in [-0.3, -0.25) is 9.59 Å². The first-order valence-electron chi connectivity index (χ1n) is 8.95. The van der Waals surface area contributed by atoms with E-state index in [9.17, 15) is 14.7 Å². The van der Waals surface area contributed by atoms with Crippen LogP contribution in [0.2, 0.25) is 0 Å². The van der Waals surface area contributed by atoms with Crippen LogP contribution in [0.15, 0.2) is 53.3 Å². The molecule has 1 amide bonds. The number of hydrogen-bond donors (Lipinski definition) is 2. The molecule has 27 heavy (non-hydrogen) atoms. The fraction of sp³-hybridized carbons (Fsp3) is 0.238. The van der Waals surface area contributed by atoms with Crippen LogP contribution in [-0.4, -0.2) is 22.2 Å². The maximum atomic E-state index is 12.8. The number of fused-ring (bicyclic) bond motifs is 1. The Morgan fingerprint density at radius 2 is 1.81 bits per heavy atom. The fourth-order valence-corrected chi connectivity index (χ4v) is 2.96. The van der Waals surface area contributed by atoms with Crippen molar-refractivity contribution in [2.75, 3.05) is 11.9 Å². The number of para-hydroxylation sites is 1. The molecule has 0 aliphatic rings. The van der Waals surface area contributed by atoms with Crippen molar-refractivity contribution in [3.63, 3.8) is 0 Å². The van der Waals surface area contributed by atoms with Crippen LogP contribution in [-0.2, 0) is 6.54 Å². The van der Waals surface area contributed by atoms with E-state index in [1.165, 1.54) is 4.57 Å². The number of nitrogens with one attached hydrogen (secondary N) is 1. The van der Waals surface area contributed by atoms with E-state index >= 15 is 0 Å². The van der Waals surface area contributed by atoms with Crippen molar-refractivity contribution in [1.82, 2.24) is 4.57 Å². The first-order valence-corrected chi connectivity index (χ1v) is 8.95. The highest BCUT2D eigenvalue weighted by molar-refractivity contribution is 6.09. The Morgan fingerprint density at radius 1 is 1.11 bits per heavy atom. The minimum Gasteiger partial charge on any atom is -0.506 e. The maximum absolute atomic E-state index is 12.8. The number of aromatic nitrogens is 1. The quantitative estimate of drug-likeness (QED) is 0.696. The average Bonchev–Trinajstić information content (AvgIpc) is 2.68. The molecule has 0 spiro atoms. The first kappa shape index (κ1) is 18.5. The predicted octanol–water partition coefficient (Wildman–Crippen LogP) is 3.77. The smallest absolute Gasteiger partial charge is 0.267 e. The van der Waals surface area contributed by atoms with E-state index in [1.54, 1.807) is 48.5 Å². The molecule has 6 heteroatoms. The van der Waals surface area contributed by atoms with Gasteiger partial charge >= 0.3 is 0 Å². The number of anilines is 1. The summed E-state index contributed by atoms with van der Waals surface area (Å²) in [5.74, 6) is -0.245. The number of carbonyl (C=O) groups excluding carboxylic acids is 1. The number of benzene rings is 2. The molecule has 0 unspecified atom stereocenters. The zero-order valence-corrected chi connectivity index (χ0v) is 15.4. The summed E-state index contributed by atoms with van der Waals surface area (Å²) in [6.07, 6.45) is 0.906. The van der Waals surface area contributed by atoms with E-state index in [1.807, 2.05) is 13.8 Å². The van der Waals surface area contributed by atoms with E-state index in [2.05, 4.69) is 5.32 Å². The highest BCUT2D eigenvalue weighted by atomic mass is 16.5. The summed E-state index contributed by atoms with van der Waals surface area (Å²) in [5, 5.41) is 13.7. The highest BCUT2D eigenvalue weighted by Gasteiger charge is 2.21. The SMILES string of the molecule is CCCOc1ccc(NC(=O)c2c(O)c3ccccc3n(CC)c2=O)cc1. The normalized spacial score (nSPS) is 10.7. The number of aryl methyl sites for hydroxylation is 1. The van der Waals surface area contributed by atoms with Crippen LogP contribution in [0.3, 0.4) is 0 Å². The van der Waals surface area contributed by atoms with Gasteiger partial charge in [-0.15, -0.1) is 0 Å². The van der Waals surface area contributed by atoms with E-state index in [-0.39, 0.29) is 11.3 Å². The van der Waals surface area contributed by atoms with Gasteiger partial charge in [0.1, 0.15) is 17.1 Å². The molecule has 1 aromatic heterocycles. The van der Waals surface area contributed by atoms with Crippen molar-refractivity contribution in [2.24, 2.45) is 0 Å². The van der Waals surface area contributed by atoms with Crippen molar-refractivity contribution in [2.45, 2.75) is 26.8 Å². The van der Waals surface area contributed by atoms with E-state index in [0.29, 0.717) is 35.5 Å². The number of carbonyl (C=O) groups is 1. The monoisotopic (exact) mass is 366 g/mol. The Hall–Kier alpha value is -3.28. The molecular formula is C21H22N2O4. The summed E-state index contributed by atoms with van der Waals surface area (Å²) in [6.45, 7) is 4.85. The first-order chi connectivity index (χ1) is 13.1.